The molecule has 1 unspecified atom stereocenters. The number of nitrogens with zero attached hydrogens (tertiary/aromatic N) is 3. The number of rotatable bonds is 8. The maximum absolute atomic E-state index is 13.5. The van der Waals surface area contributed by atoms with Crippen LogP contribution in [0.3, 0.4) is 0 Å². The van der Waals surface area contributed by atoms with Crippen LogP contribution < -0.4 is 4.72 Å². The number of nitrogens with one attached hydrogen (secondary N) is 1. The van der Waals surface area contributed by atoms with E-state index in [1.807, 2.05) is 36.6 Å². The van der Waals surface area contributed by atoms with Gasteiger partial charge in [0.2, 0.25) is 10.0 Å². The molecule has 0 radical (unpaired) electrons. The van der Waals surface area contributed by atoms with E-state index in [0.717, 1.165) is 22.4 Å². The first-order chi connectivity index (χ1) is 17.5. The van der Waals surface area contributed by atoms with E-state index in [1.165, 1.54) is 23.9 Å². The van der Waals surface area contributed by atoms with E-state index < -0.39 is 16.1 Å². The van der Waals surface area contributed by atoms with E-state index in [2.05, 4.69) is 14.9 Å². The number of halogens is 2. The number of aryl methyl sites for hydroxylation is 4. The van der Waals surface area contributed by atoms with Crippen LogP contribution in [0.25, 0.3) is 5.69 Å². The summed E-state index contributed by atoms with van der Waals surface area (Å²) >= 11 is 7.75. The Labute approximate surface area is 226 Å². The van der Waals surface area contributed by atoms with Gasteiger partial charge < -0.3 is 0 Å². The van der Waals surface area contributed by atoms with Gasteiger partial charge in [-0.25, -0.2) is 17.5 Å². The molecule has 0 aliphatic rings. The highest BCUT2D eigenvalue weighted by atomic mass is 35.5. The first-order valence-electron chi connectivity index (χ1n) is 11.7. The van der Waals surface area contributed by atoms with Gasteiger partial charge in [0.05, 0.1) is 16.6 Å². The fraction of sp³-hybridized carbons (Fsp3) is 0.259. The van der Waals surface area contributed by atoms with Crippen molar-refractivity contribution in [1.29, 1.82) is 0 Å². The predicted octanol–water partition coefficient (Wildman–Crippen LogP) is 6.63. The molecule has 0 aliphatic heterocycles. The van der Waals surface area contributed by atoms with Crippen LogP contribution in [0, 0.1) is 33.5 Å². The lowest BCUT2D eigenvalue weighted by Crippen LogP contribution is -2.30. The Kier molecular flexibility index (Phi) is 8.08. The van der Waals surface area contributed by atoms with Gasteiger partial charge in [0.1, 0.15) is 5.82 Å². The Morgan fingerprint density at radius 1 is 0.973 bits per heavy atom. The summed E-state index contributed by atoms with van der Waals surface area (Å²) in [5, 5.41) is 9.88. The van der Waals surface area contributed by atoms with E-state index in [0.29, 0.717) is 32.9 Å². The highest BCUT2D eigenvalue weighted by Crippen LogP contribution is 2.31. The summed E-state index contributed by atoms with van der Waals surface area (Å²) in [4.78, 5) is 0.265. The molecule has 0 fully saturated rings. The van der Waals surface area contributed by atoms with Gasteiger partial charge in [-0.15, -0.1) is 10.2 Å². The minimum absolute atomic E-state index is 0.265. The fourth-order valence-electron chi connectivity index (χ4n) is 4.37. The molecule has 10 heteroatoms. The molecule has 0 bridgehead atoms. The lowest BCUT2D eigenvalue weighted by atomic mass is 10.1. The van der Waals surface area contributed by atoms with Crippen LogP contribution in [-0.2, 0) is 15.8 Å². The van der Waals surface area contributed by atoms with Crippen molar-refractivity contribution in [2.45, 2.75) is 56.5 Å². The Hall–Kier alpha value is -2.72. The molecule has 1 N–H and O–H groups in total. The number of thioether (sulfide) groups is 1. The van der Waals surface area contributed by atoms with Crippen LogP contribution in [0.1, 0.15) is 46.6 Å². The van der Waals surface area contributed by atoms with Gasteiger partial charge in [0.15, 0.2) is 11.0 Å². The highest BCUT2D eigenvalue weighted by Gasteiger charge is 2.27. The Balaban J connectivity index is 1.73. The Morgan fingerprint density at radius 3 is 2.27 bits per heavy atom. The molecule has 0 saturated heterocycles. The summed E-state index contributed by atoms with van der Waals surface area (Å²) in [5.41, 5.74) is 4.96. The normalized spacial score (nSPS) is 12.6. The minimum atomic E-state index is -3.85. The number of benzene rings is 3. The topological polar surface area (TPSA) is 76.9 Å². The number of aromatic nitrogens is 3. The smallest absolute Gasteiger partial charge is 0.241 e. The predicted molar refractivity (Wildman–Crippen MR) is 146 cm³/mol. The van der Waals surface area contributed by atoms with Crippen LogP contribution in [0.2, 0.25) is 5.02 Å². The molecule has 1 aromatic heterocycles. The summed E-state index contributed by atoms with van der Waals surface area (Å²) in [5.74, 6) is 0.659. The maximum Gasteiger partial charge on any atom is 0.241 e. The van der Waals surface area contributed by atoms with Crippen LogP contribution >= 0.6 is 23.4 Å². The van der Waals surface area contributed by atoms with E-state index in [-0.39, 0.29) is 10.7 Å². The van der Waals surface area contributed by atoms with Gasteiger partial charge in [-0.2, -0.15) is 0 Å². The highest BCUT2D eigenvalue weighted by molar-refractivity contribution is 7.98. The third-order valence-electron chi connectivity index (χ3n) is 5.94. The Morgan fingerprint density at radius 2 is 1.62 bits per heavy atom. The molecule has 0 amide bonds. The zero-order valence-electron chi connectivity index (χ0n) is 21.2. The number of hydrogen-bond donors (Lipinski definition) is 1. The van der Waals surface area contributed by atoms with E-state index in [1.54, 1.807) is 45.0 Å². The van der Waals surface area contributed by atoms with Crippen molar-refractivity contribution in [3.05, 3.63) is 99.1 Å². The van der Waals surface area contributed by atoms with Gasteiger partial charge in [0, 0.05) is 10.8 Å². The molecule has 1 heterocycles. The van der Waals surface area contributed by atoms with E-state index in [9.17, 15) is 12.8 Å². The monoisotopic (exact) mass is 558 g/mol. The van der Waals surface area contributed by atoms with Crippen molar-refractivity contribution >= 4 is 33.4 Å². The van der Waals surface area contributed by atoms with Crippen molar-refractivity contribution in [2.75, 3.05) is 0 Å². The molecule has 4 rings (SSSR count). The summed E-state index contributed by atoms with van der Waals surface area (Å²) < 4.78 is 44.9. The minimum Gasteiger partial charge on any atom is -0.272 e. The molecule has 194 valence electrons. The fourth-order valence-corrected chi connectivity index (χ4v) is 7.10. The quantitative estimate of drug-likeness (QED) is 0.246. The second kappa shape index (κ2) is 10.9. The molecule has 0 saturated carbocycles. The number of hydrogen-bond acceptors (Lipinski definition) is 5. The standard InChI is InChI=1S/C27H28ClFN4O2S2/c1-16-12-18(3)25(19(4)13-16)37(34,35)32-20(5)26-30-31-27(36-15-21-7-10-23(29)11-8-21)33(26)24-14-22(28)9-6-17(24)2/h6-14,20,32H,15H2,1-5H3. The zero-order valence-corrected chi connectivity index (χ0v) is 23.6. The largest absolute Gasteiger partial charge is 0.272 e. The SMILES string of the molecule is Cc1cc(C)c(S(=O)(=O)NC(C)c2nnc(SCc3ccc(F)cc3)n2-c2cc(Cl)ccc2C)c(C)c1. The molecule has 4 aromatic rings. The Bertz CT molecular complexity index is 1530. The second-order valence-corrected chi connectivity index (χ2v) is 12.1. The van der Waals surface area contributed by atoms with Crippen molar-refractivity contribution < 1.29 is 12.8 Å². The summed E-state index contributed by atoms with van der Waals surface area (Å²) in [6, 6.07) is 14.8. The van der Waals surface area contributed by atoms with Crippen LogP contribution in [-0.4, -0.2) is 23.2 Å². The average Bonchev–Trinajstić information content (AvgIpc) is 3.23. The molecule has 0 spiro atoms. The molecule has 1 atom stereocenters. The van der Waals surface area contributed by atoms with Crippen molar-refractivity contribution in [3.8, 4) is 5.69 Å². The van der Waals surface area contributed by atoms with Crippen LogP contribution in [0.5, 0.6) is 0 Å². The lowest BCUT2D eigenvalue weighted by molar-refractivity contribution is 0.554. The van der Waals surface area contributed by atoms with Gasteiger partial charge in [-0.05, 0) is 81.1 Å². The third-order valence-corrected chi connectivity index (χ3v) is 9.02. The molecule has 0 aliphatic carbocycles. The van der Waals surface area contributed by atoms with Crippen molar-refractivity contribution in [1.82, 2.24) is 19.5 Å². The van der Waals surface area contributed by atoms with Gasteiger partial charge >= 0.3 is 0 Å². The molecule has 37 heavy (non-hydrogen) atoms. The van der Waals surface area contributed by atoms with Crippen LogP contribution in [0.15, 0.2) is 64.6 Å². The van der Waals surface area contributed by atoms with Crippen molar-refractivity contribution in [3.63, 3.8) is 0 Å². The summed E-state index contributed by atoms with van der Waals surface area (Å²) in [7, 11) is -3.85. The zero-order chi connectivity index (χ0) is 26.9. The summed E-state index contributed by atoms with van der Waals surface area (Å²) in [6.45, 7) is 9.21. The molecule has 6 nitrogen and oxygen atoms in total. The average molecular weight is 559 g/mol. The first-order valence-corrected chi connectivity index (χ1v) is 14.5. The summed E-state index contributed by atoms with van der Waals surface area (Å²) in [6.07, 6.45) is 0. The van der Waals surface area contributed by atoms with Gasteiger partial charge in [-0.3, -0.25) is 4.57 Å². The van der Waals surface area contributed by atoms with Gasteiger partial charge in [-0.1, -0.05) is 59.3 Å². The second-order valence-electron chi connectivity index (χ2n) is 9.09. The third kappa shape index (κ3) is 6.06. The van der Waals surface area contributed by atoms with Crippen molar-refractivity contribution in [2.24, 2.45) is 0 Å². The first kappa shape index (κ1) is 27.3. The number of sulfonamides is 1. The molecular formula is C27H28ClFN4O2S2. The van der Waals surface area contributed by atoms with E-state index >= 15 is 0 Å². The lowest BCUT2D eigenvalue weighted by Gasteiger charge is -2.19. The van der Waals surface area contributed by atoms with Gasteiger partial charge in [0.25, 0.3) is 0 Å². The molecular weight excluding hydrogens is 531 g/mol. The molecule has 3 aromatic carbocycles. The van der Waals surface area contributed by atoms with Crippen LogP contribution in [0.4, 0.5) is 4.39 Å². The van der Waals surface area contributed by atoms with E-state index in [4.69, 9.17) is 11.6 Å². The maximum atomic E-state index is 13.5.